The molecule has 5 nitrogen and oxygen atoms in total. The van der Waals surface area contributed by atoms with Crippen LogP contribution in [0.2, 0.25) is 6.04 Å². The molecule has 0 spiro atoms. The lowest BCUT2D eigenvalue weighted by Crippen LogP contribution is -2.56. The zero-order valence-corrected chi connectivity index (χ0v) is 18.0. The van der Waals surface area contributed by atoms with Gasteiger partial charge in [-0.25, -0.2) is 0 Å². The number of ether oxygens (including phenoxy) is 2. The van der Waals surface area contributed by atoms with Gasteiger partial charge >= 0.3 is 8.80 Å². The van der Waals surface area contributed by atoms with Crippen LogP contribution in [0.1, 0.15) is 13.3 Å². The summed E-state index contributed by atoms with van der Waals surface area (Å²) in [6.45, 7) is 2.74. The third kappa shape index (κ3) is 5.63. The van der Waals surface area contributed by atoms with Gasteiger partial charge in [-0.05, 0) is 42.8 Å². The molecule has 0 N–H and O–H groups in total. The predicted molar refractivity (Wildman–Crippen MR) is 117 cm³/mol. The second-order valence-corrected chi connectivity index (χ2v) is 9.43. The van der Waals surface area contributed by atoms with Crippen LogP contribution in [0.5, 0.6) is 17.2 Å². The van der Waals surface area contributed by atoms with Gasteiger partial charge in [0, 0.05) is 6.61 Å². The van der Waals surface area contributed by atoms with E-state index in [-0.39, 0.29) is 12.4 Å². The van der Waals surface area contributed by atoms with Gasteiger partial charge in [0.2, 0.25) is 0 Å². The van der Waals surface area contributed by atoms with Gasteiger partial charge in [0.15, 0.2) is 6.29 Å². The Morgan fingerprint density at radius 3 is 1.53 bits per heavy atom. The van der Waals surface area contributed by atoms with Crippen molar-refractivity contribution in [2.75, 3.05) is 6.61 Å². The lowest BCUT2D eigenvalue weighted by Gasteiger charge is -2.30. The van der Waals surface area contributed by atoms with Gasteiger partial charge in [-0.15, -0.1) is 0 Å². The molecule has 0 radical (unpaired) electrons. The molecule has 2 atom stereocenters. The summed E-state index contributed by atoms with van der Waals surface area (Å²) in [5, 5.41) is 0. The van der Waals surface area contributed by atoms with Crippen molar-refractivity contribution in [3.63, 3.8) is 0 Å². The number of epoxide rings is 1. The maximum Gasteiger partial charge on any atom is 0.702 e. The summed E-state index contributed by atoms with van der Waals surface area (Å²) in [6, 6.07) is 29.3. The normalized spacial score (nSPS) is 17.9. The molecule has 1 heterocycles. The van der Waals surface area contributed by atoms with Crippen molar-refractivity contribution in [1.29, 1.82) is 0 Å². The topological polar surface area (TPSA) is 49.5 Å². The van der Waals surface area contributed by atoms with Crippen molar-refractivity contribution in [1.82, 2.24) is 0 Å². The molecule has 6 heteroatoms. The van der Waals surface area contributed by atoms with Crippen LogP contribution >= 0.6 is 0 Å². The smallest absolute Gasteiger partial charge is 0.483 e. The molecule has 3 aromatic rings. The summed E-state index contributed by atoms with van der Waals surface area (Å²) >= 11 is 0. The van der Waals surface area contributed by atoms with E-state index >= 15 is 0 Å². The first kappa shape index (κ1) is 20.5. The molecule has 0 amide bonds. The first-order valence-corrected chi connectivity index (χ1v) is 12.2. The van der Waals surface area contributed by atoms with Crippen molar-refractivity contribution < 1.29 is 22.8 Å². The zero-order chi connectivity index (χ0) is 20.7. The van der Waals surface area contributed by atoms with Gasteiger partial charge in [0.1, 0.15) is 23.4 Å². The van der Waals surface area contributed by atoms with Crippen molar-refractivity contribution in [3.8, 4) is 17.2 Å². The average Bonchev–Trinajstić information content (AvgIpc) is 3.51. The maximum atomic E-state index is 6.47. The van der Waals surface area contributed by atoms with Crippen LogP contribution in [-0.4, -0.2) is 27.8 Å². The monoisotopic (exact) mass is 422 g/mol. The second kappa shape index (κ2) is 9.80. The first-order valence-electron chi connectivity index (χ1n) is 10.3. The van der Waals surface area contributed by atoms with Crippen molar-refractivity contribution >= 4 is 8.80 Å². The number of benzene rings is 3. The largest absolute Gasteiger partial charge is 0.702 e. The fourth-order valence-electron chi connectivity index (χ4n) is 3.09. The lowest BCUT2D eigenvalue weighted by molar-refractivity contribution is 0.0507. The highest BCUT2D eigenvalue weighted by atomic mass is 28.4. The van der Waals surface area contributed by atoms with E-state index in [1.807, 2.05) is 91.0 Å². The first-order chi connectivity index (χ1) is 14.8. The molecule has 2 unspecified atom stereocenters. The highest BCUT2D eigenvalue weighted by Gasteiger charge is 2.58. The molecule has 0 aliphatic carbocycles. The molecule has 156 valence electrons. The number of para-hydroxylation sites is 3. The third-order valence-electron chi connectivity index (χ3n) is 4.52. The van der Waals surface area contributed by atoms with E-state index in [0.717, 1.165) is 6.42 Å². The van der Waals surface area contributed by atoms with Gasteiger partial charge in [0.05, 0.1) is 6.04 Å². The van der Waals surface area contributed by atoms with E-state index in [9.17, 15) is 0 Å². The molecule has 30 heavy (non-hydrogen) atoms. The van der Waals surface area contributed by atoms with E-state index < -0.39 is 8.80 Å². The number of hydrogen-bond acceptors (Lipinski definition) is 5. The molecule has 1 fully saturated rings. The Labute approximate surface area is 178 Å². The van der Waals surface area contributed by atoms with Crippen LogP contribution in [0, 0.1) is 0 Å². The summed E-state index contributed by atoms with van der Waals surface area (Å²) in [4.78, 5) is 0. The van der Waals surface area contributed by atoms with Crippen molar-refractivity contribution in [2.45, 2.75) is 31.8 Å². The van der Waals surface area contributed by atoms with Crippen molar-refractivity contribution in [3.05, 3.63) is 91.0 Å². The highest BCUT2D eigenvalue weighted by Crippen LogP contribution is 2.35. The van der Waals surface area contributed by atoms with Crippen LogP contribution in [0.15, 0.2) is 91.0 Å². The Hall–Kier alpha value is -2.80. The van der Waals surface area contributed by atoms with Crippen LogP contribution in [0.4, 0.5) is 0 Å². The molecule has 0 aromatic heterocycles. The van der Waals surface area contributed by atoms with Crippen LogP contribution in [0.25, 0.3) is 0 Å². The molecule has 4 rings (SSSR count). The Kier molecular flexibility index (Phi) is 6.69. The van der Waals surface area contributed by atoms with E-state index in [2.05, 4.69) is 6.92 Å². The van der Waals surface area contributed by atoms with Gasteiger partial charge < -0.3 is 22.8 Å². The predicted octanol–water partition coefficient (Wildman–Crippen LogP) is 5.31. The van der Waals surface area contributed by atoms with Gasteiger partial charge in [-0.2, -0.15) is 0 Å². The highest BCUT2D eigenvalue weighted by molar-refractivity contribution is 6.63. The Balaban J connectivity index is 1.63. The summed E-state index contributed by atoms with van der Waals surface area (Å²) in [6.07, 6.45) is 0.575. The van der Waals surface area contributed by atoms with E-state index in [4.69, 9.17) is 22.8 Å². The number of hydrogen-bond donors (Lipinski definition) is 0. The fourth-order valence-corrected chi connectivity index (χ4v) is 5.73. The third-order valence-corrected chi connectivity index (χ3v) is 7.07. The fraction of sp³-hybridized carbons (Fsp3) is 0.250. The van der Waals surface area contributed by atoms with E-state index in [1.54, 1.807) is 0 Å². The van der Waals surface area contributed by atoms with Crippen LogP contribution in [-0.2, 0) is 9.47 Å². The molecule has 1 aliphatic heterocycles. The molecule has 0 bridgehead atoms. The minimum absolute atomic E-state index is 0.126. The van der Waals surface area contributed by atoms with Gasteiger partial charge in [-0.3, -0.25) is 0 Å². The molecular weight excluding hydrogens is 396 g/mol. The summed E-state index contributed by atoms with van der Waals surface area (Å²) in [5.41, 5.74) is 0. The minimum Gasteiger partial charge on any atom is -0.483 e. The Bertz CT molecular complexity index is 790. The molecule has 3 aromatic carbocycles. The van der Waals surface area contributed by atoms with Crippen LogP contribution in [0.3, 0.4) is 0 Å². The van der Waals surface area contributed by atoms with Crippen molar-refractivity contribution in [2.24, 2.45) is 0 Å². The number of rotatable bonds is 11. The average molecular weight is 423 g/mol. The Morgan fingerprint density at radius 1 is 0.700 bits per heavy atom. The van der Waals surface area contributed by atoms with Crippen LogP contribution < -0.4 is 13.3 Å². The quantitative estimate of drug-likeness (QED) is 0.309. The summed E-state index contributed by atoms with van der Waals surface area (Å²) in [5.74, 6) is 2.09. The standard InChI is InChI=1S/C24H26O5Si/c1-2-18-25-24-23(26-24)19-30(27-20-12-6-3-7-13-20,28-21-14-8-4-9-15-21)29-22-16-10-5-11-17-22/h3-17,23-24H,2,18-19H2,1H3. The minimum atomic E-state index is -3.30. The SMILES string of the molecule is CCCOC1OC1C[Si](Oc1ccccc1)(Oc1ccccc1)Oc1ccccc1. The van der Waals surface area contributed by atoms with E-state index in [0.29, 0.717) is 29.9 Å². The van der Waals surface area contributed by atoms with Gasteiger partial charge in [0.25, 0.3) is 0 Å². The second-order valence-electron chi connectivity index (χ2n) is 7.05. The van der Waals surface area contributed by atoms with E-state index in [1.165, 1.54) is 0 Å². The lowest BCUT2D eigenvalue weighted by atomic mass is 10.3. The molecule has 1 aliphatic rings. The maximum absolute atomic E-state index is 6.47. The van der Waals surface area contributed by atoms with Gasteiger partial charge in [-0.1, -0.05) is 61.5 Å². The summed E-state index contributed by atoms with van der Waals surface area (Å²) in [7, 11) is -3.30. The summed E-state index contributed by atoms with van der Waals surface area (Å²) < 4.78 is 30.9. The zero-order valence-electron chi connectivity index (χ0n) is 17.0. The molecule has 0 saturated carbocycles. The molecular formula is C24H26O5Si. The molecule has 1 saturated heterocycles. The Morgan fingerprint density at radius 2 is 1.13 bits per heavy atom.